The van der Waals surface area contributed by atoms with Crippen LogP contribution in [0, 0.1) is 6.92 Å². The number of carbonyl (C=O) groups is 3. The summed E-state index contributed by atoms with van der Waals surface area (Å²) in [5, 5.41) is 12.0. The summed E-state index contributed by atoms with van der Waals surface area (Å²) < 4.78 is 6.71. The van der Waals surface area contributed by atoms with Crippen molar-refractivity contribution in [1.29, 1.82) is 0 Å². The van der Waals surface area contributed by atoms with E-state index >= 15 is 0 Å². The van der Waals surface area contributed by atoms with Gasteiger partial charge in [0.1, 0.15) is 5.00 Å². The van der Waals surface area contributed by atoms with Gasteiger partial charge in [0, 0.05) is 38.6 Å². The van der Waals surface area contributed by atoms with E-state index < -0.39 is 5.97 Å². The summed E-state index contributed by atoms with van der Waals surface area (Å²) in [6, 6.07) is 3.65. The third kappa shape index (κ3) is 5.34. The van der Waals surface area contributed by atoms with Gasteiger partial charge in [0.25, 0.3) is 5.91 Å². The van der Waals surface area contributed by atoms with E-state index in [0.717, 1.165) is 16.9 Å². The first kappa shape index (κ1) is 25.1. The molecule has 12 heteroatoms. The minimum absolute atomic E-state index is 0.0140. The number of amides is 2. The molecule has 3 aromatic heterocycles. The minimum atomic E-state index is -0.623. The molecule has 3 aromatic rings. The fourth-order valence-corrected chi connectivity index (χ4v) is 5.03. The standard InChI is InChI=1S/C22H24N6O4S2/c1-6-11-28-18(14-7-9-23-10-8-14)25-26-22(28)33-12-15(29)24-19-16(21(31)32-5)13(2)17(34-19)20(30)27(3)4/h6-10H,1,11-12H2,2-5H3,(H,24,29). The summed E-state index contributed by atoms with van der Waals surface area (Å²) >= 11 is 2.24. The van der Waals surface area contributed by atoms with Gasteiger partial charge in [0.05, 0.1) is 23.3 Å². The van der Waals surface area contributed by atoms with Crippen molar-refractivity contribution in [2.24, 2.45) is 0 Å². The van der Waals surface area contributed by atoms with E-state index in [4.69, 9.17) is 4.74 Å². The van der Waals surface area contributed by atoms with Crippen LogP contribution in [-0.2, 0) is 16.1 Å². The number of pyridine rings is 1. The molecule has 0 saturated heterocycles. The number of anilines is 1. The van der Waals surface area contributed by atoms with E-state index in [1.165, 1.54) is 23.8 Å². The lowest BCUT2D eigenvalue weighted by Crippen LogP contribution is -2.21. The number of nitrogens with zero attached hydrogens (tertiary/aromatic N) is 5. The SMILES string of the molecule is C=CCn1c(SCC(=O)Nc2sc(C(=O)N(C)C)c(C)c2C(=O)OC)nnc1-c1ccncc1. The fraction of sp³-hybridized carbons (Fsp3) is 0.273. The molecule has 0 radical (unpaired) electrons. The topological polar surface area (TPSA) is 119 Å². The van der Waals surface area contributed by atoms with E-state index in [0.29, 0.717) is 28.0 Å². The lowest BCUT2D eigenvalue weighted by molar-refractivity contribution is -0.113. The van der Waals surface area contributed by atoms with E-state index in [2.05, 4.69) is 27.1 Å². The number of methoxy groups -OCH3 is 1. The van der Waals surface area contributed by atoms with Crippen molar-refractivity contribution in [2.75, 3.05) is 32.3 Å². The number of hydrogen-bond donors (Lipinski definition) is 1. The maximum atomic E-state index is 12.8. The van der Waals surface area contributed by atoms with Gasteiger partial charge >= 0.3 is 5.97 Å². The zero-order valence-corrected chi connectivity index (χ0v) is 20.8. The molecular formula is C22H24N6O4S2. The van der Waals surface area contributed by atoms with E-state index in [1.807, 2.05) is 16.7 Å². The summed E-state index contributed by atoms with van der Waals surface area (Å²) in [6.45, 7) is 5.90. The summed E-state index contributed by atoms with van der Waals surface area (Å²) in [5.74, 6) is -0.594. The third-order valence-electron chi connectivity index (χ3n) is 4.69. The number of carbonyl (C=O) groups excluding carboxylic acids is 3. The average molecular weight is 501 g/mol. The number of hydrogen-bond acceptors (Lipinski definition) is 9. The van der Waals surface area contributed by atoms with E-state index in [-0.39, 0.29) is 28.1 Å². The highest BCUT2D eigenvalue weighted by Gasteiger charge is 2.27. The summed E-state index contributed by atoms with van der Waals surface area (Å²) in [5.41, 5.74) is 1.48. The Morgan fingerprint density at radius 3 is 2.59 bits per heavy atom. The van der Waals surface area contributed by atoms with Crippen molar-refractivity contribution in [3.05, 3.63) is 53.2 Å². The molecule has 0 spiro atoms. The zero-order chi connectivity index (χ0) is 24.8. The molecule has 0 atom stereocenters. The van der Waals surface area contributed by atoms with Gasteiger partial charge in [-0.25, -0.2) is 4.79 Å². The number of aromatic nitrogens is 4. The molecular weight excluding hydrogens is 476 g/mol. The first-order chi connectivity index (χ1) is 16.3. The van der Waals surface area contributed by atoms with Crippen LogP contribution in [0.5, 0.6) is 0 Å². The summed E-state index contributed by atoms with van der Waals surface area (Å²) in [7, 11) is 4.49. The maximum absolute atomic E-state index is 12.8. The average Bonchev–Trinajstić information content (AvgIpc) is 3.37. The number of nitrogens with one attached hydrogen (secondary N) is 1. The monoisotopic (exact) mass is 500 g/mol. The highest BCUT2D eigenvalue weighted by Crippen LogP contribution is 2.34. The lowest BCUT2D eigenvalue weighted by Gasteiger charge is -2.08. The predicted octanol–water partition coefficient (Wildman–Crippen LogP) is 3.12. The molecule has 1 N–H and O–H groups in total. The van der Waals surface area contributed by atoms with Crippen LogP contribution in [0.2, 0.25) is 0 Å². The van der Waals surface area contributed by atoms with Crippen LogP contribution in [0.1, 0.15) is 25.6 Å². The van der Waals surface area contributed by atoms with Gasteiger partial charge in [-0.1, -0.05) is 17.8 Å². The van der Waals surface area contributed by atoms with Crippen molar-refractivity contribution in [3.63, 3.8) is 0 Å². The second kappa shape index (κ2) is 11.1. The molecule has 0 fully saturated rings. The number of esters is 1. The highest BCUT2D eigenvalue weighted by molar-refractivity contribution is 7.99. The highest BCUT2D eigenvalue weighted by atomic mass is 32.2. The molecule has 0 aliphatic carbocycles. The second-order valence-corrected chi connectivity index (χ2v) is 9.19. The molecule has 10 nitrogen and oxygen atoms in total. The predicted molar refractivity (Wildman–Crippen MR) is 131 cm³/mol. The largest absolute Gasteiger partial charge is 0.465 e. The van der Waals surface area contributed by atoms with Crippen molar-refractivity contribution in [3.8, 4) is 11.4 Å². The number of allylic oxidation sites excluding steroid dienone is 1. The van der Waals surface area contributed by atoms with Crippen LogP contribution in [0.3, 0.4) is 0 Å². The number of rotatable bonds is 9. The normalized spacial score (nSPS) is 10.6. The number of thioether (sulfide) groups is 1. The Morgan fingerprint density at radius 1 is 1.26 bits per heavy atom. The van der Waals surface area contributed by atoms with Gasteiger partial charge in [-0.15, -0.1) is 28.1 Å². The van der Waals surface area contributed by atoms with Crippen LogP contribution < -0.4 is 5.32 Å². The Labute approximate surface area is 205 Å². The molecule has 0 saturated carbocycles. The third-order valence-corrected chi connectivity index (χ3v) is 6.85. The van der Waals surface area contributed by atoms with Crippen LogP contribution in [0.15, 0.2) is 42.3 Å². The Bertz CT molecular complexity index is 1220. The molecule has 178 valence electrons. The fourth-order valence-electron chi connectivity index (χ4n) is 3.05. The van der Waals surface area contributed by atoms with Crippen molar-refractivity contribution in [2.45, 2.75) is 18.6 Å². The number of thiophene rings is 1. The first-order valence-corrected chi connectivity index (χ1v) is 11.9. The maximum Gasteiger partial charge on any atom is 0.341 e. The molecule has 34 heavy (non-hydrogen) atoms. The van der Waals surface area contributed by atoms with Gasteiger partial charge in [0.2, 0.25) is 5.91 Å². The van der Waals surface area contributed by atoms with E-state index in [1.54, 1.807) is 39.5 Å². The Balaban J connectivity index is 1.80. The van der Waals surface area contributed by atoms with Gasteiger partial charge in [0.15, 0.2) is 11.0 Å². The van der Waals surface area contributed by atoms with Crippen molar-refractivity contribution >= 4 is 45.9 Å². The second-order valence-electron chi connectivity index (χ2n) is 7.23. The van der Waals surface area contributed by atoms with Gasteiger partial charge < -0.3 is 15.0 Å². The Kier molecular flexibility index (Phi) is 8.18. The zero-order valence-electron chi connectivity index (χ0n) is 19.2. The first-order valence-electron chi connectivity index (χ1n) is 10.1. The Hall–Kier alpha value is -3.51. The molecule has 3 rings (SSSR count). The molecule has 2 amide bonds. The quantitative estimate of drug-likeness (QED) is 0.270. The van der Waals surface area contributed by atoms with Crippen molar-refractivity contribution < 1.29 is 19.1 Å². The lowest BCUT2D eigenvalue weighted by atomic mass is 10.1. The van der Waals surface area contributed by atoms with Crippen molar-refractivity contribution in [1.82, 2.24) is 24.6 Å². The summed E-state index contributed by atoms with van der Waals surface area (Å²) in [6.07, 6.45) is 5.05. The minimum Gasteiger partial charge on any atom is -0.465 e. The molecule has 0 aromatic carbocycles. The molecule has 0 aliphatic heterocycles. The molecule has 0 bridgehead atoms. The molecule has 0 unspecified atom stereocenters. The van der Waals surface area contributed by atoms with Crippen LogP contribution in [-0.4, -0.2) is 69.4 Å². The smallest absolute Gasteiger partial charge is 0.341 e. The van der Waals surface area contributed by atoms with Crippen LogP contribution >= 0.6 is 23.1 Å². The molecule has 0 aliphatic rings. The summed E-state index contributed by atoms with van der Waals surface area (Å²) in [4.78, 5) is 43.4. The van der Waals surface area contributed by atoms with E-state index in [9.17, 15) is 14.4 Å². The van der Waals surface area contributed by atoms with Gasteiger partial charge in [-0.3, -0.25) is 19.1 Å². The van der Waals surface area contributed by atoms with Crippen LogP contribution in [0.4, 0.5) is 5.00 Å². The van der Waals surface area contributed by atoms with Gasteiger partial charge in [-0.2, -0.15) is 0 Å². The van der Waals surface area contributed by atoms with Gasteiger partial charge in [-0.05, 0) is 24.6 Å². The number of ether oxygens (including phenoxy) is 1. The Morgan fingerprint density at radius 2 is 1.97 bits per heavy atom. The van der Waals surface area contributed by atoms with Crippen LogP contribution in [0.25, 0.3) is 11.4 Å². The molecule has 3 heterocycles.